The van der Waals surface area contributed by atoms with Crippen LogP contribution in [0.2, 0.25) is 0 Å². The molecular formula is C45H70N6O4. The van der Waals surface area contributed by atoms with Gasteiger partial charge in [-0.25, -0.2) is 0 Å². The molecule has 0 radical (unpaired) electrons. The number of aryl methyl sites for hydroxylation is 2. The Hall–Kier alpha value is -3.21. The summed E-state index contributed by atoms with van der Waals surface area (Å²) in [5.41, 5.74) is 6.37. The Bertz CT molecular complexity index is 1650. The van der Waals surface area contributed by atoms with Gasteiger partial charge in [0.15, 0.2) is 0 Å². The third kappa shape index (κ3) is 10.6. The summed E-state index contributed by atoms with van der Waals surface area (Å²) in [6.45, 7) is 13.3. The number of anilines is 1. The van der Waals surface area contributed by atoms with Gasteiger partial charge in [-0.05, 0) is 106 Å². The average molecular weight is 759 g/mol. The van der Waals surface area contributed by atoms with E-state index in [-0.39, 0.29) is 41.3 Å². The van der Waals surface area contributed by atoms with Crippen molar-refractivity contribution in [1.29, 1.82) is 0 Å². The van der Waals surface area contributed by atoms with E-state index in [1.165, 1.54) is 69.8 Å². The quantitative estimate of drug-likeness (QED) is 0.223. The smallest absolute Gasteiger partial charge is 0.253 e. The SMILES string of the molecule is CC(=O)N[C@H]1CC[C@H](N(C)c2cc(C3CNC(CN4CCOCC4)CC34CCCCCCCCCC4)cc(C(=O)NCc3c(C)cc(C)[nH]c3=O)c2C)CC1. The Morgan fingerprint density at radius 3 is 2.22 bits per heavy atom. The lowest BCUT2D eigenvalue weighted by Crippen LogP contribution is -2.54. The van der Waals surface area contributed by atoms with Gasteiger partial charge in [-0.15, -0.1) is 0 Å². The van der Waals surface area contributed by atoms with Gasteiger partial charge < -0.3 is 30.6 Å². The summed E-state index contributed by atoms with van der Waals surface area (Å²) in [5.74, 6) is 0.191. The van der Waals surface area contributed by atoms with Crippen LogP contribution < -0.4 is 26.4 Å². The Morgan fingerprint density at radius 2 is 1.58 bits per heavy atom. The van der Waals surface area contributed by atoms with Gasteiger partial charge in [-0.1, -0.05) is 51.4 Å². The van der Waals surface area contributed by atoms with Crippen molar-refractivity contribution in [2.75, 3.05) is 51.3 Å². The van der Waals surface area contributed by atoms with Gasteiger partial charge in [0, 0.05) is 93.2 Å². The third-order valence-electron chi connectivity index (χ3n) is 13.7. The van der Waals surface area contributed by atoms with Crippen molar-refractivity contribution in [1.82, 2.24) is 25.8 Å². The highest BCUT2D eigenvalue weighted by Crippen LogP contribution is 2.51. The fourth-order valence-electron chi connectivity index (χ4n) is 10.6. The highest BCUT2D eigenvalue weighted by Gasteiger charge is 2.45. The van der Waals surface area contributed by atoms with Gasteiger partial charge in [-0.3, -0.25) is 19.3 Å². The van der Waals surface area contributed by atoms with Crippen molar-refractivity contribution in [3.63, 3.8) is 0 Å². The molecule has 4 fully saturated rings. The molecule has 2 amide bonds. The number of carbonyl (C=O) groups is 2. The summed E-state index contributed by atoms with van der Waals surface area (Å²) in [7, 11) is 2.20. The van der Waals surface area contributed by atoms with E-state index in [4.69, 9.17) is 4.74 Å². The molecule has 3 heterocycles. The molecule has 4 aliphatic rings. The van der Waals surface area contributed by atoms with Gasteiger partial charge >= 0.3 is 0 Å². The van der Waals surface area contributed by atoms with Gasteiger partial charge in [0.2, 0.25) is 5.91 Å². The van der Waals surface area contributed by atoms with Crippen LogP contribution in [0.25, 0.3) is 0 Å². The molecule has 2 atom stereocenters. The number of benzene rings is 1. The van der Waals surface area contributed by atoms with Crippen LogP contribution in [-0.2, 0) is 16.1 Å². The van der Waals surface area contributed by atoms with Crippen LogP contribution in [0.3, 0.4) is 0 Å². The lowest BCUT2D eigenvalue weighted by atomic mass is 9.61. The first kappa shape index (κ1) is 41.4. The Labute approximate surface area is 330 Å². The van der Waals surface area contributed by atoms with Crippen LogP contribution in [-0.4, -0.2) is 86.3 Å². The zero-order chi connectivity index (χ0) is 39.0. The summed E-state index contributed by atoms with van der Waals surface area (Å²) >= 11 is 0. The minimum Gasteiger partial charge on any atom is -0.379 e. The number of aromatic amines is 1. The first-order chi connectivity index (χ1) is 26.5. The third-order valence-corrected chi connectivity index (χ3v) is 13.7. The largest absolute Gasteiger partial charge is 0.379 e. The fraction of sp³-hybridized carbons (Fsp3) is 0.711. The lowest BCUT2D eigenvalue weighted by molar-refractivity contribution is -0.119. The molecule has 10 nitrogen and oxygen atoms in total. The van der Waals surface area contributed by atoms with Crippen LogP contribution in [0, 0.1) is 26.2 Å². The molecule has 2 aliphatic carbocycles. The van der Waals surface area contributed by atoms with Crippen molar-refractivity contribution in [2.45, 2.75) is 155 Å². The topological polar surface area (TPSA) is 119 Å². The number of ether oxygens (including phenoxy) is 1. The number of aromatic nitrogens is 1. The summed E-state index contributed by atoms with van der Waals surface area (Å²) in [5, 5.41) is 10.4. The molecule has 2 saturated carbocycles. The molecule has 10 heteroatoms. The highest BCUT2D eigenvalue weighted by molar-refractivity contribution is 5.97. The second kappa shape index (κ2) is 19.3. The fourth-order valence-corrected chi connectivity index (χ4v) is 10.6. The van der Waals surface area contributed by atoms with E-state index in [0.29, 0.717) is 23.2 Å². The zero-order valence-electron chi connectivity index (χ0n) is 34.6. The van der Waals surface area contributed by atoms with Gasteiger partial charge in [-0.2, -0.15) is 0 Å². The maximum Gasteiger partial charge on any atom is 0.253 e. The van der Waals surface area contributed by atoms with E-state index in [9.17, 15) is 14.4 Å². The Kier molecular flexibility index (Phi) is 14.5. The number of piperidine rings is 1. The van der Waals surface area contributed by atoms with Crippen molar-refractivity contribution >= 4 is 17.5 Å². The van der Waals surface area contributed by atoms with Crippen molar-refractivity contribution in [2.24, 2.45) is 5.41 Å². The number of rotatable bonds is 9. The molecule has 1 spiro atoms. The average Bonchev–Trinajstić information content (AvgIpc) is 3.20. The van der Waals surface area contributed by atoms with E-state index < -0.39 is 0 Å². The van der Waals surface area contributed by atoms with Crippen molar-refractivity contribution in [3.8, 4) is 0 Å². The first-order valence-corrected chi connectivity index (χ1v) is 21.7. The van der Waals surface area contributed by atoms with Crippen LogP contribution in [0.15, 0.2) is 23.0 Å². The maximum atomic E-state index is 14.4. The standard InChI is InChI=1S/C45H70N6O4/c1-31-24-32(2)48-44(54)40(31)28-47-43(53)39-25-35(26-42(33(39)3)50(5)38-16-14-36(15-17-38)49-34(4)52)41-29-46-37(30-51-20-22-55-23-21-51)27-45(41)18-12-10-8-6-7-9-11-13-19-45/h24-26,36-38,41,46H,6-23,27-30H2,1-5H3,(H,47,53)(H,48,54)(H,49,52)/t36-,37?,38-,41?. The number of carbonyl (C=O) groups excluding carboxylic acids is 2. The lowest BCUT2D eigenvalue weighted by Gasteiger charge is -2.50. The Balaban J connectivity index is 1.35. The number of hydrogen-bond donors (Lipinski definition) is 4. The minimum absolute atomic E-state index is 0.0391. The number of morpholine rings is 1. The summed E-state index contributed by atoms with van der Waals surface area (Å²) in [4.78, 5) is 47.1. The van der Waals surface area contributed by atoms with E-state index >= 15 is 0 Å². The normalized spacial score (nSPS) is 25.5. The van der Waals surface area contributed by atoms with Crippen LogP contribution in [0.4, 0.5) is 5.69 Å². The molecule has 55 heavy (non-hydrogen) atoms. The molecule has 1 aromatic carbocycles. The molecule has 4 N–H and O–H groups in total. The van der Waals surface area contributed by atoms with Crippen LogP contribution in [0.5, 0.6) is 0 Å². The van der Waals surface area contributed by atoms with Gasteiger partial charge in [0.05, 0.1) is 13.2 Å². The summed E-state index contributed by atoms with van der Waals surface area (Å²) < 4.78 is 5.70. The van der Waals surface area contributed by atoms with E-state index in [1.54, 1.807) is 6.92 Å². The van der Waals surface area contributed by atoms with Crippen LogP contribution in [0.1, 0.15) is 147 Å². The molecule has 304 valence electrons. The number of nitrogens with zero attached hydrogens (tertiary/aromatic N) is 2. The first-order valence-electron chi connectivity index (χ1n) is 21.7. The van der Waals surface area contributed by atoms with E-state index in [0.717, 1.165) is 94.0 Å². The number of H-pyrrole nitrogens is 1. The predicted molar refractivity (Wildman–Crippen MR) is 222 cm³/mol. The van der Waals surface area contributed by atoms with Crippen molar-refractivity contribution < 1.29 is 14.3 Å². The number of nitrogens with one attached hydrogen (secondary N) is 4. The van der Waals surface area contributed by atoms with Gasteiger partial charge in [0.1, 0.15) is 0 Å². The van der Waals surface area contributed by atoms with Gasteiger partial charge in [0.25, 0.3) is 11.5 Å². The molecule has 2 aliphatic heterocycles. The molecule has 2 aromatic rings. The Morgan fingerprint density at radius 1 is 0.927 bits per heavy atom. The molecule has 1 aromatic heterocycles. The molecule has 2 unspecified atom stereocenters. The number of amides is 2. The maximum absolute atomic E-state index is 14.4. The summed E-state index contributed by atoms with van der Waals surface area (Å²) in [6, 6.07) is 7.58. The minimum atomic E-state index is -0.146. The molecule has 2 saturated heterocycles. The highest BCUT2D eigenvalue weighted by atomic mass is 16.5. The molecule has 6 rings (SSSR count). The van der Waals surface area contributed by atoms with Crippen molar-refractivity contribution in [3.05, 3.63) is 62.1 Å². The van der Waals surface area contributed by atoms with E-state index in [1.807, 2.05) is 19.9 Å². The predicted octanol–water partition coefficient (Wildman–Crippen LogP) is 6.79. The molecular weight excluding hydrogens is 689 g/mol. The monoisotopic (exact) mass is 759 g/mol. The molecule has 0 bridgehead atoms. The summed E-state index contributed by atoms with van der Waals surface area (Å²) in [6.07, 6.45) is 17.9. The zero-order valence-corrected chi connectivity index (χ0v) is 34.6. The van der Waals surface area contributed by atoms with E-state index in [2.05, 4.69) is 56.8 Å². The second-order valence-corrected chi connectivity index (χ2v) is 17.6. The van der Waals surface area contributed by atoms with Crippen LogP contribution >= 0.6 is 0 Å². The number of hydrogen-bond acceptors (Lipinski definition) is 7. The second-order valence-electron chi connectivity index (χ2n) is 17.6. The number of pyridine rings is 1.